The Morgan fingerprint density at radius 2 is 2.28 bits per heavy atom. The van der Waals surface area contributed by atoms with Crippen molar-refractivity contribution >= 4 is 28.8 Å². The molecule has 1 heterocycles. The lowest BCUT2D eigenvalue weighted by molar-refractivity contribution is -0.133. The van der Waals surface area contributed by atoms with Crippen LogP contribution in [-0.2, 0) is 4.79 Å². The van der Waals surface area contributed by atoms with Crippen molar-refractivity contribution in [1.82, 2.24) is 9.66 Å². The third-order valence-electron chi connectivity index (χ3n) is 2.31. The molecule has 0 aliphatic carbocycles. The van der Waals surface area contributed by atoms with Crippen LogP contribution in [0.4, 0.5) is 4.39 Å². The Kier molecular flexibility index (Phi) is 3.42. The number of carbonyl (C=O) groups is 1. The molecule has 0 aliphatic rings. The Bertz CT molecular complexity index is 597. The average molecular weight is 269 g/mol. The third-order valence-corrected chi connectivity index (χ3v) is 3.22. The van der Waals surface area contributed by atoms with Gasteiger partial charge < -0.3 is 10.1 Å². The van der Waals surface area contributed by atoms with Gasteiger partial charge in [-0.05, 0) is 12.1 Å². The number of rotatable bonds is 4. The highest BCUT2D eigenvalue weighted by atomic mass is 32.2. The van der Waals surface area contributed by atoms with Crippen LogP contribution in [0, 0.1) is 5.82 Å². The number of para-hydroxylation sites is 1. The molecule has 96 valence electrons. The van der Waals surface area contributed by atoms with E-state index in [-0.39, 0.29) is 11.3 Å². The molecule has 0 aliphatic heterocycles. The molecule has 1 aromatic carbocycles. The van der Waals surface area contributed by atoms with Crippen molar-refractivity contribution in [3.8, 4) is 0 Å². The minimum absolute atomic E-state index is 0.112. The Labute approximate surface area is 107 Å². The first-order chi connectivity index (χ1) is 8.50. The topological polar surface area (TPSA) is 58.4 Å². The van der Waals surface area contributed by atoms with E-state index >= 15 is 0 Å². The van der Waals surface area contributed by atoms with E-state index in [1.165, 1.54) is 6.07 Å². The van der Waals surface area contributed by atoms with Crippen molar-refractivity contribution in [3.05, 3.63) is 24.0 Å². The Morgan fingerprint density at radius 3 is 2.89 bits per heavy atom. The smallest absolute Gasteiger partial charge is 0.313 e. The summed E-state index contributed by atoms with van der Waals surface area (Å²) < 4.78 is 15.3. The van der Waals surface area contributed by atoms with E-state index in [0.717, 1.165) is 11.8 Å². The predicted molar refractivity (Wildman–Crippen MR) is 68.1 cm³/mol. The predicted octanol–water partition coefficient (Wildman–Crippen LogP) is 1.55. The van der Waals surface area contributed by atoms with Crippen LogP contribution in [0.15, 0.2) is 23.4 Å². The molecule has 2 rings (SSSR count). The molecule has 7 heteroatoms. The number of halogens is 1. The Balaban J connectivity index is 2.54. The number of aliphatic carboxylic acids is 1. The zero-order valence-electron chi connectivity index (χ0n) is 9.92. The molecule has 18 heavy (non-hydrogen) atoms. The van der Waals surface area contributed by atoms with E-state index in [1.807, 2.05) is 0 Å². The summed E-state index contributed by atoms with van der Waals surface area (Å²) in [6.45, 7) is 0. The van der Waals surface area contributed by atoms with Gasteiger partial charge in [0.2, 0.25) is 0 Å². The monoisotopic (exact) mass is 269 g/mol. The zero-order chi connectivity index (χ0) is 13.3. The minimum Gasteiger partial charge on any atom is -0.481 e. The molecule has 5 nitrogen and oxygen atoms in total. The molecule has 1 N–H and O–H groups in total. The number of fused-ring (bicyclic) bond motifs is 1. The number of thioether (sulfide) groups is 1. The highest BCUT2D eigenvalue weighted by molar-refractivity contribution is 7.99. The van der Waals surface area contributed by atoms with E-state index in [2.05, 4.69) is 4.98 Å². The SMILES string of the molecule is CN(C)n1c(SCC(=O)O)nc2c(F)cccc21. The summed E-state index contributed by atoms with van der Waals surface area (Å²) in [5.41, 5.74) is 0.868. The molecule has 0 fully saturated rings. The Morgan fingerprint density at radius 1 is 1.56 bits per heavy atom. The lowest BCUT2D eigenvalue weighted by atomic mass is 10.3. The molecule has 0 unspecified atom stereocenters. The number of aromatic nitrogens is 2. The van der Waals surface area contributed by atoms with Crippen LogP contribution in [0.5, 0.6) is 0 Å². The van der Waals surface area contributed by atoms with Crippen LogP contribution in [0.1, 0.15) is 0 Å². The number of nitrogens with zero attached hydrogens (tertiary/aromatic N) is 3. The number of hydrogen-bond acceptors (Lipinski definition) is 4. The molecule has 0 saturated carbocycles. The van der Waals surface area contributed by atoms with Crippen molar-refractivity contribution in [1.29, 1.82) is 0 Å². The second kappa shape index (κ2) is 4.85. The van der Waals surface area contributed by atoms with Gasteiger partial charge in [0, 0.05) is 14.1 Å². The highest BCUT2D eigenvalue weighted by Crippen LogP contribution is 2.25. The quantitative estimate of drug-likeness (QED) is 0.853. The van der Waals surface area contributed by atoms with Crippen molar-refractivity contribution in [2.24, 2.45) is 0 Å². The first kappa shape index (κ1) is 12.7. The fourth-order valence-electron chi connectivity index (χ4n) is 1.64. The molecule has 0 atom stereocenters. The average Bonchev–Trinajstić information content (AvgIpc) is 2.66. The van der Waals surface area contributed by atoms with E-state index in [0.29, 0.717) is 10.7 Å². The van der Waals surface area contributed by atoms with Crippen molar-refractivity contribution in [2.45, 2.75) is 5.16 Å². The number of hydrogen-bond donors (Lipinski definition) is 1. The molecule has 0 amide bonds. The first-order valence-electron chi connectivity index (χ1n) is 5.20. The summed E-state index contributed by atoms with van der Waals surface area (Å²) in [6.07, 6.45) is 0. The summed E-state index contributed by atoms with van der Waals surface area (Å²) in [7, 11) is 3.58. The van der Waals surface area contributed by atoms with E-state index in [9.17, 15) is 9.18 Å². The van der Waals surface area contributed by atoms with Crippen LogP contribution in [-0.4, -0.2) is 40.6 Å². The normalized spacial score (nSPS) is 10.8. The fourth-order valence-corrected chi connectivity index (χ4v) is 2.43. The van der Waals surface area contributed by atoms with Gasteiger partial charge in [0.15, 0.2) is 11.0 Å². The van der Waals surface area contributed by atoms with Crippen molar-refractivity contribution in [3.63, 3.8) is 0 Å². The molecule has 0 radical (unpaired) electrons. The number of carboxylic acid groups (broad SMARTS) is 1. The maximum absolute atomic E-state index is 13.6. The summed E-state index contributed by atoms with van der Waals surface area (Å²) in [4.78, 5) is 14.7. The summed E-state index contributed by atoms with van der Waals surface area (Å²) >= 11 is 1.06. The zero-order valence-corrected chi connectivity index (χ0v) is 10.7. The number of imidazole rings is 1. The van der Waals surface area contributed by atoms with E-state index in [1.54, 1.807) is 35.9 Å². The maximum Gasteiger partial charge on any atom is 0.313 e. The standard InChI is InChI=1S/C11H12FN3O2S/c1-14(2)15-8-5-3-4-7(12)10(8)13-11(15)18-6-9(16)17/h3-5H,6H2,1-2H3,(H,16,17). The van der Waals surface area contributed by atoms with E-state index < -0.39 is 11.8 Å². The van der Waals surface area contributed by atoms with Crippen molar-refractivity contribution < 1.29 is 14.3 Å². The van der Waals surface area contributed by atoms with E-state index in [4.69, 9.17) is 5.11 Å². The van der Waals surface area contributed by atoms with Crippen molar-refractivity contribution in [2.75, 3.05) is 24.9 Å². The number of benzene rings is 1. The largest absolute Gasteiger partial charge is 0.481 e. The van der Waals surface area contributed by atoms with Gasteiger partial charge in [-0.3, -0.25) is 4.79 Å². The van der Waals surface area contributed by atoms with Gasteiger partial charge in [0.1, 0.15) is 5.52 Å². The van der Waals surface area contributed by atoms with Gasteiger partial charge >= 0.3 is 5.97 Å². The third kappa shape index (κ3) is 2.26. The van der Waals surface area contributed by atoms with Gasteiger partial charge in [-0.1, -0.05) is 17.8 Å². The molecule has 2 aromatic rings. The van der Waals surface area contributed by atoms with Crippen LogP contribution >= 0.6 is 11.8 Å². The van der Waals surface area contributed by atoms with Crippen LogP contribution in [0.25, 0.3) is 11.0 Å². The fraction of sp³-hybridized carbons (Fsp3) is 0.273. The molecule has 0 saturated heterocycles. The molecular formula is C11H12FN3O2S. The lowest BCUT2D eigenvalue weighted by Crippen LogP contribution is -2.25. The van der Waals surface area contributed by atoms with Crippen LogP contribution in [0.3, 0.4) is 0 Å². The van der Waals surface area contributed by atoms with Gasteiger partial charge in [-0.2, -0.15) is 0 Å². The molecule has 0 bridgehead atoms. The minimum atomic E-state index is -0.933. The van der Waals surface area contributed by atoms with Crippen LogP contribution < -0.4 is 5.01 Å². The van der Waals surface area contributed by atoms with Gasteiger partial charge in [-0.25, -0.2) is 14.1 Å². The second-order valence-corrected chi connectivity index (χ2v) is 4.79. The molecular weight excluding hydrogens is 257 g/mol. The lowest BCUT2D eigenvalue weighted by Gasteiger charge is -2.17. The summed E-state index contributed by atoms with van der Waals surface area (Å²) in [6, 6.07) is 4.68. The Hall–Kier alpha value is -1.76. The molecule has 1 aromatic heterocycles. The second-order valence-electron chi connectivity index (χ2n) is 3.84. The van der Waals surface area contributed by atoms with Gasteiger partial charge in [0.05, 0.1) is 11.3 Å². The van der Waals surface area contributed by atoms with Gasteiger partial charge in [-0.15, -0.1) is 0 Å². The number of carboxylic acids is 1. The summed E-state index contributed by atoms with van der Waals surface area (Å²) in [5, 5.41) is 10.9. The maximum atomic E-state index is 13.6. The summed E-state index contributed by atoms with van der Waals surface area (Å²) in [5.74, 6) is -1.46. The van der Waals surface area contributed by atoms with Gasteiger partial charge in [0.25, 0.3) is 0 Å². The first-order valence-corrected chi connectivity index (χ1v) is 6.18. The molecule has 0 spiro atoms. The van der Waals surface area contributed by atoms with Crippen LogP contribution in [0.2, 0.25) is 0 Å². The highest BCUT2D eigenvalue weighted by Gasteiger charge is 2.16.